The summed E-state index contributed by atoms with van der Waals surface area (Å²) < 4.78 is 5.42. The average molecular weight is 283 g/mol. The molecule has 0 saturated heterocycles. The van der Waals surface area contributed by atoms with Crippen molar-refractivity contribution in [2.75, 3.05) is 19.9 Å². The summed E-state index contributed by atoms with van der Waals surface area (Å²) in [6.07, 6.45) is 3.97. The SMILES string of the molecule is CN/C(=C\C(C)c1ccc(N)nc1)c1ccccc1OC. The topological polar surface area (TPSA) is 60.2 Å². The number of para-hydroxylation sites is 1. The van der Waals surface area contributed by atoms with E-state index in [9.17, 15) is 0 Å². The average Bonchev–Trinajstić information content (AvgIpc) is 2.53. The molecule has 0 amide bonds. The first-order valence-corrected chi connectivity index (χ1v) is 6.90. The highest BCUT2D eigenvalue weighted by Gasteiger charge is 2.09. The first kappa shape index (κ1) is 14.9. The Morgan fingerprint density at radius 2 is 2.05 bits per heavy atom. The Bertz CT molecular complexity index is 620. The molecule has 0 aliphatic carbocycles. The third-order valence-electron chi connectivity index (χ3n) is 3.42. The molecule has 110 valence electrons. The molecule has 0 saturated carbocycles. The predicted octanol–water partition coefficient (Wildman–Crippen LogP) is 3.04. The lowest BCUT2D eigenvalue weighted by Crippen LogP contribution is -2.08. The highest BCUT2D eigenvalue weighted by molar-refractivity contribution is 5.69. The summed E-state index contributed by atoms with van der Waals surface area (Å²) in [6.45, 7) is 2.12. The molecule has 3 N–H and O–H groups in total. The minimum absolute atomic E-state index is 0.213. The van der Waals surface area contributed by atoms with Gasteiger partial charge >= 0.3 is 0 Å². The maximum absolute atomic E-state index is 5.63. The van der Waals surface area contributed by atoms with E-state index in [0.717, 1.165) is 22.6 Å². The normalized spacial score (nSPS) is 12.8. The second-order valence-electron chi connectivity index (χ2n) is 4.84. The fourth-order valence-corrected chi connectivity index (χ4v) is 2.21. The van der Waals surface area contributed by atoms with Crippen LogP contribution in [-0.4, -0.2) is 19.1 Å². The Labute approximate surface area is 125 Å². The summed E-state index contributed by atoms with van der Waals surface area (Å²) in [5.41, 5.74) is 8.81. The van der Waals surface area contributed by atoms with Gasteiger partial charge in [0.25, 0.3) is 0 Å². The molecule has 1 heterocycles. The maximum atomic E-state index is 5.63. The first-order valence-electron chi connectivity index (χ1n) is 6.90. The van der Waals surface area contributed by atoms with E-state index in [1.807, 2.05) is 49.6 Å². The molecule has 0 bridgehead atoms. The molecule has 1 aromatic heterocycles. The zero-order chi connectivity index (χ0) is 15.2. The van der Waals surface area contributed by atoms with Crippen LogP contribution in [0.3, 0.4) is 0 Å². The van der Waals surface area contributed by atoms with E-state index in [1.165, 1.54) is 0 Å². The van der Waals surface area contributed by atoms with Crippen LogP contribution in [-0.2, 0) is 0 Å². The van der Waals surface area contributed by atoms with Crippen LogP contribution in [0.15, 0.2) is 48.7 Å². The van der Waals surface area contributed by atoms with E-state index in [4.69, 9.17) is 10.5 Å². The predicted molar refractivity (Wildman–Crippen MR) is 87.1 cm³/mol. The number of methoxy groups -OCH3 is 1. The van der Waals surface area contributed by atoms with Crippen molar-refractivity contribution in [3.63, 3.8) is 0 Å². The molecular weight excluding hydrogens is 262 g/mol. The second kappa shape index (κ2) is 6.79. The lowest BCUT2D eigenvalue weighted by molar-refractivity contribution is 0.413. The summed E-state index contributed by atoms with van der Waals surface area (Å²) >= 11 is 0. The van der Waals surface area contributed by atoms with E-state index in [-0.39, 0.29) is 5.92 Å². The van der Waals surface area contributed by atoms with Crippen molar-refractivity contribution < 1.29 is 4.74 Å². The Hall–Kier alpha value is -2.49. The van der Waals surface area contributed by atoms with E-state index < -0.39 is 0 Å². The van der Waals surface area contributed by atoms with Gasteiger partial charge in [-0.25, -0.2) is 4.98 Å². The second-order valence-corrected chi connectivity index (χ2v) is 4.84. The molecule has 1 aromatic carbocycles. The van der Waals surface area contributed by atoms with Gasteiger partial charge in [0.15, 0.2) is 0 Å². The van der Waals surface area contributed by atoms with Crippen LogP contribution in [0, 0.1) is 0 Å². The van der Waals surface area contributed by atoms with Crippen LogP contribution in [0.2, 0.25) is 0 Å². The highest BCUT2D eigenvalue weighted by Crippen LogP contribution is 2.27. The van der Waals surface area contributed by atoms with Gasteiger partial charge in [-0.05, 0) is 23.8 Å². The van der Waals surface area contributed by atoms with E-state index in [1.54, 1.807) is 7.11 Å². The van der Waals surface area contributed by atoms with Gasteiger partial charge in [0, 0.05) is 30.4 Å². The van der Waals surface area contributed by atoms with Gasteiger partial charge in [-0.2, -0.15) is 0 Å². The molecule has 2 rings (SSSR count). The molecule has 0 spiro atoms. The number of pyridine rings is 1. The van der Waals surface area contributed by atoms with Crippen LogP contribution in [0.5, 0.6) is 5.75 Å². The zero-order valence-corrected chi connectivity index (χ0v) is 12.6. The molecule has 21 heavy (non-hydrogen) atoms. The van der Waals surface area contributed by atoms with Gasteiger partial charge in [0.1, 0.15) is 11.6 Å². The summed E-state index contributed by atoms with van der Waals surface area (Å²) in [7, 11) is 3.59. The van der Waals surface area contributed by atoms with Crippen molar-refractivity contribution in [2.45, 2.75) is 12.8 Å². The van der Waals surface area contributed by atoms with Gasteiger partial charge in [0.05, 0.1) is 7.11 Å². The number of nitrogen functional groups attached to an aromatic ring is 1. The Morgan fingerprint density at radius 3 is 2.67 bits per heavy atom. The summed E-state index contributed by atoms with van der Waals surface area (Å²) in [5, 5.41) is 3.24. The number of rotatable bonds is 5. The van der Waals surface area contributed by atoms with Crippen molar-refractivity contribution >= 4 is 11.5 Å². The van der Waals surface area contributed by atoms with Gasteiger partial charge in [-0.15, -0.1) is 0 Å². The fraction of sp³-hybridized carbons (Fsp3) is 0.235. The standard InChI is InChI=1S/C17H21N3O/c1-12(13-8-9-17(18)20-11-13)10-15(19-2)14-6-4-5-7-16(14)21-3/h4-12,19H,1-3H3,(H2,18,20)/b15-10-. The van der Waals surface area contributed by atoms with Gasteiger partial charge in [0.2, 0.25) is 0 Å². The largest absolute Gasteiger partial charge is 0.496 e. The van der Waals surface area contributed by atoms with E-state index >= 15 is 0 Å². The lowest BCUT2D eigenvalue weighted by atomic mass is 9.99. The van der Waals surface area contributed by atoms with Crippen LogP contribution < -0.4 is 15.8 Å². The molecule has 1 atom stereocenters. The lowest BCUT2D eigenvalue weighted by Gasteiger charge is -2.14. The van der Waals surface area contributed by atoms with Gasteiger partial charge < -0.3 is 15.8 Å². The summed E-state index contributed by atoms with van der Waals surface area (Å²) in [4.78, 5) is 4.14. The smallest absolute Gasteiger partial charge is 0.128 e. The first-order chi connectivity index (χ1) is 10.2. The van der Waals surface area contributed by atoms with Crippen LogP contribution in [0.25, 0.3) is 5.70 Å². The van der Waals surface area contributed by atoms with Crippen molar-refractivity contribution in [2.24, 2.45) is 0 Å². The number of hydrogen-bond donors (Lipinski definition) is 2. The van der Waals surface area contributed by atoms with Crippen molar-refractivity contribution in [3.05, 3.63) is 59.8 Å². The summed E-state index contributed by atoms with van der Waals surface area (Å²) in [6, 6.07) is 11.8. The Morgan fingerprint density at radius 1 is 1.29 bits per heavy atom. The van der Waals surface area contributed by atoms with Gasteiger partial charge in [-0.1, -0.05) is 31.2 Å². The number of anilines is 1. The Balaban J connectivity index is 2.33. The zero-order valence-electron chi connectivity index (χ0n) is 12.6. The summed E-state index contributed by atoms with van der Waals surface area (Å²) in [5.74, 6) is 1.60. The number of aromatic nitrogens is 1. The Kier molecular flexibility index (Phi) is 4.82. The van der Waals surface area contributed by atoms with Gasteiger partial charge in [-0.3, -0.25) is 0 Å². The van der Waals surface area contributed by atoms with Crippen LogP contribution in [0.4, 0.5) is 5.82 Å². The third-order valence-corrected chi connectivity index (χ3v) is 3.42. The molecule has 0 fully saturated rings. The van der Waals surface area contributed by atoms with Crippen LogP contribution >= 0.6 is 0 Å². The molecular formula is C17H21N3O. The third kappa shape index (κ3) is 3.54. The molecule has 4 heteroatoms. The number of benzene rings is 1. The van der Waals surface area contributed by atoms with Crippen molar-refractivity contribution in [3.8, 4) is 5.75 Å². The minimum Gasteiger partial charge on any atom is -0.496 e. The number of nitrogens with one attached hydrogen (secondary N) is 1. The van der Waals surface area contributed by atoms with E-state index in [2.05, 4.69) is 23.3 Å². The monoisotopic (exact) mass is 283 g/mol. The highest BCUT2D eigenvalue weighted by atomic mass is 16.5. The fourth-order valence-electron chi connectivity index (χ4n) is 2.21. The van der Waals surface area contributed by atoms with Crippen LogP contribution in [0.1, 0.15) is 24.0 Å². The number of hydrogen-bond acceptors (Lipinski definition) is 4. The number of nitrogens with two attached hydrogens (primary N) is 1. The minimum atomic E-state index is 0.213. The van der Waals surface area contributed by atoms with E-state index in [0.29, 0.717) is 5.82 Å². The maximum Gasteiger partial charge on any atom is 0.128 e. The molecule has 1 unspecified atom stereocenters. The molecule has 4 nitrogen and oxygen atoms in total. The molecule has 0 aliphatic heterocycles. The van der Waals surface area contributed by atoms with Crippen molar-refractivity contribution in [1.82, 2.24) is 10.3 Å². The molecule has 0 aliphatic rings. The van der Waals surface area contributed by atoms with Crippen molar-refractivity contribution in [1.29, 1.82) is 0 Å². The number of ether oxygens (including phenoxy) is 1. The quantitative estimate of drug-likeness (QED) is 0.885. The molecule has 0 radical (unpaired) electrons. The molecule has 2 aromatic rings. The number of allylic oxidation sites excluding steroid dienone is 1. The number of nitrogens with zero attached hydrogens (tertiary/aromatic N) is 1.